The molecule has 0 aliphatic carbocycles. The van der Waals surface area contributed by atoms with E-state index in [2.05, 4.69) is 0 Å². The third-order valence-electron chi connectivity index (χ3n) is 1.95. The van der Waals surface area contributed by atoms with Crippen molar-refractivity contribution in [3.63, 3.8) is 0 Å². The summed E-state index contributed by atoms with van der Waals surface area (Å²) >= 11 is 0.768. The molecule has 1 heterocycles. The normalized spacial score (nSPS) is 10.4. The van der Waals surface area contributed by atoms with Crippen LogP contribution >= 0.6 is 11.3 Å². The number of hydrogen-bond acceptors (Lipinski definition) is 2. The molecule has 1 aromatic carbocycles. The lowest BCUT2D eigenvalue weighted by Gasteiger charge is -1.97. The maximum absolute atomic E-state index is 13.6. The number of benzene rings is 1. The SMILES string of the molecule is N#CCc1ccc2cc(F)sc2c1F. The molecule has 0 N–H and O–H groups in total. The van der Waals surface area contributed by atoms with E-state index in [9.17, 15) is 8.78 Å². The topological polar surface area (TPSA) is 23.8 Å². The van der Waals surface area contributed by atoms with Gasteiger partial charge in [0.1, 0.15) is 5.82 Å². The van der Waals surface area contributed by atoms with E-state index in [-0.39, 0.29) is 11.1 Å². The van der Waals surface area contributed by atoms with Crippen LogP contribution in [0.1, 0.15) is 5.56 Å². The predicted molar refractivity (Wildman–Crippen MR) is 51.1 cm³/mol. The Hall–Kier alpha value is -1.47. The Kier molecular flexibility index (Phi) is 2.18. The van der Waals surface area contributed by atoms with E-state index in [1.54, 1.807) is 6.07 Å². The summed E-state index contributed by atoms with van der Waals surface area (Å²) in [4.78, 5) is 0. The third kappa shape index (κ3) is 1.36. The highest BCUT2D eigenvalue weighted by Crippen LogP contribution is 2.28. The van der Waals surface area contributed by atoms with Crippen molar-refractivity contribution >= 4 is 21.4 Å². The number of hydrogen-bond donors (Lipinski definition) is 0. The van der Waals surface area contributed by atoms with Gasteiger partial charge in [-0.3, -0.25) is 0 Å². The van der Waals surface area contributed by atoms with Gasteiger partial charge in [-0.2, -0.15) is 9.65 Å². The Bertz CT molecular complexity index is 525. The van der Waals surface area contributed by atoms with E-state index in [4.69, 9.17) is 5.26 Å². The summed E-state index contributed by atoms with van der Waals surface area (Å²) in [6.45, 7) is 0. The van der Waals surface area contributed by atoms with Crippen molar-refractivity contribution in [1.82, 2.24) is 0 Å². The van der Waals surface area contributed by atoms with Crippen molar-refractivity contribution in [2.45, 2.75) is 6.42 Å². The minimum Gasteiger partial charge on any atom is -0.205 e. The van der Waals surface area contributed by atoms with Crippen LogP contribution < -0.4 is 0 Å². The molecule has 0 saturated carbocycles. The van der Waals surface area contributed by atoms with Gasteiger partial charge in [0.2, 0.25) is 0 Å². The average molecular weight is 209 g/mol. The molecule has 4 heteroatoms. The van der Waals surface area contributed by atoms with Crippen LogP contribution in [0.4, 0.5) is 8.78 Å². The highest BCUT2D eigenvalue weighted by atomic mass is 32.1. The Balaban J connectivity index is 2.69. The van der Waals surface area contributed by atoms with Gasteiger partial charge in [-0.15, -0.1) is 11.3 Å². The fourth-order valence-corrected chi connectivity index (χ4v) is 2.15. The number of nitrogens with zero attached hydrogens (tertiary/aromatic N) is 1. The minimum atomic E-state index is -0.474. The summed E-state index contributed by atoms with van der Waals surface area (Å²) in [5.74, 6) is -0.474. The van der Waals surface area contributed by atoms with Gasteiger partial charge in [0.25, 0.3) is 0 Å². The van der Waals surface area contributed by atoms with Crippen LogP contribution in [-0.2, 0) is 6.42 Å². The average Bonchev–Trinajstić information content (AvgIpc) is 2.52. The second-order valence-electron chi connectivity index (χ2n) is 2.84. The first-order valence-corrected chi connectivity index (χ1v) is 4.77. The first kappa shape index (κ1) is 9.10. The zero-order valence-electron chi connectivity index (χ0n) is 7.05. The maximum atomic E-state index is 13.6. The minimum absolute atomic E-state index is 0.0152. The first-order chi connectivity index (χ1) is 6.72. The van der Waals surface area contributed by atoms with Crippen molar-refractivity contribution < 1.29 is 8.78 Å². The molecule has 0 fully saturated rings. The lowest BCUT2D eigenvalue weighted by atomic mass is 10.1. The lowest BCUT2D eigenvalue weighted by Crippen LogP contribution is -1.87. The molecule has 1 aromatic heterocycles. The third-order valence-corrected chi connectivity index (χ3v) is 2.88. The fourth-order valence-electron chi connectivity index (χ4n) is 1.30. The van der Waals surface area contributed by atoms with Crippen LogP contribution in [0, 0.1) is 22.3 Å². The van der Waals surface area contributed by atoms with Crippen LogP contribution in [-0.4, -0.2) is 0 Å². The largest absolute Gasteiger partial charge is 0.205 e. The maximum Gasteiger partial charge on any atom is 0.177 e. The van der Waals surface area contributed by atoms with Gasteiger partial charge in [-0.1, -0.05) is 12.1 Å². The molecule has 0 amide bonds. The molecule has 0 atom stereocenters. The summed E-state index contributed by atoms with van der Waals surface area (Å²) in [7, 11) is 0. The highest BCUT2D eigenvalue weighted by molar-refractivity contribution is 7.17. The van der Waals surface area contributed by atoms with Gasteiger partial charge in [0.15, 0.2) is 5.13 Å². The number of halogens is 2. The van der Waals surface area contributed by atoms with E-state index < -0.39 is 10.9 Å². The lowest BCUT2D eigenvalue weighted by molar-refractivity contribution is 0.629. The first-order valence-electron chi connectivity index (χ1n) is 3.95. The molecule has 0 unspecified atom stereocenters. The number of fused-ring (bicyclic) bond motifs is 1. The Morgan fingerprint density at radius 3 is 2.86 bits per heavy atom. The number of thiophene rings is 1. The van der Waals surface area contributed by atoms with Crippen LogP contribution in [0.5, 0.6) is 0 Å². The molecular weight excluding hydrogens is 204 g/mol. The number of rotatable bonds is 1. The summed E-state index contributed by atoms with van der Waals surface area (Å²) in [6, 6.07) is 6.31. The van der Waals surface area contributed by atoms with Gasteiger partial charge >= 0.3 is 0 Å². The molecule has 0 spiro atoms. The Morgan fingerprint density at radius 2 is 2.14 bits per heavy atom. The fraction of sp³-hybridized carbons (Fsp3) is 0.100. The van der Waals surface area contributed by atoms with Gasteiger partial charge in [0, 0.05) is 5.56 Å². The second-order valence-corrected chi connectivity index (χ2v) is 3.84. The highest BCUT2D eigenvalue weighted by Gasteiger charge is 2.10. The molecule has 0 aliphatic heterocycles. The van der Waals surface area contributed by atoms with Gasteiger partial charge < -0.3 is 0 Å². The second kappa shape index (κ2) is 3.35. The van der Waals surface area contributed by atoms with Gasteiger partial charge in [-0.05, 0) is 11.5 Å². The predicted octanol–water partition coefficient (Wildman–Crippen LogP) is 3.25. The summed E-state index contributed by atoms with van der Waals surface area (Å²) in [5, 5.41) is 8.57. The van der Waals surface area contributed by atoms with Crippen molar-refractivity contribution in [1.29, 1.82) is 5.26 Å². The zero-order valence-corrected chi connectivity index (χ0v) is 7.87. The van der Waals surface area contributed by atoms with E-state index in [1.807, 2.05) is 6.07 Å². The van der Waals surface area contributed by atoms with Crippen molar-refractivity contribution in [3.05, 3.63) is 34.7 Å². The van der Waals surface area contributed by atoms with Gasteiger partial charge in [-0.25, -0.2) is 4.39 Å². The molecule has 0 bridgehead atoms. The van der Waals surface area contributed by atoms with E-state index in [0.29, 0.717) is 10.9 Å². The Labute approximate surface area is 83.2 Å². The van der Waals surface area contributed by atoms with Crippen LogP contribution in [0.3, 0.4) is 0 Å². The van der Waals surface area contributed by atoms with E-state index >= 15 is 0 Å². The van der Waals surface area contributed by atoms with Crippen molar-refractivity contribution in [2.75, 3.05) is 0 Å². The van der Waals surface area contributed by atoms with Crippen molar-refractivity contribution in [3.8, 4) is 6.07 Å². The van der Waals surface area contributed by atoms with Crippen LogP contribution in [0.2, 0.25) is 0 Å². The molecule has 0 saturated heterocycles. The molecule has 1 nitrogen and oxygen atoms in total. The van der Waals surface area contributed by atoms with Crippen LogP contribution in [0.25, 0.3) is 10.1 Å². The smallest absolute Gasteiger partial charge is 0.177 e. The number of nitriles is 1. The molecule has 0 radical (unpaired) electrons. The van der Waals surface area contributed by atoms with Crippen molar-refractivity contribution in [2.24, 2.45) is 0 Å². The summed E-state index contributed by atoms with van der Waals surface area (Å²) < 4.78 is 26.7. The monoisotopic (exact) mass is 209 g/mol. The summed E-state index contributed by atoms with van der Waals surface area (Å²) in [5.41, 5.74) is 0.321. The zero-order chi connectivity index (χ0) is 10.1. The summed E-state index contributed by atoms with van der Waals surface area (Å²) in [6.07, 6.45) is 0.0152. The molecule has 2 aromatic rings. The Morgan fingerprint density at radius 1 is 1.36 bits per heavy atom. The molecule has 70 valence electrons. The van der Waals surface area contributed by atoms with Gasteiger partial charge in [0.05, 0.1) is 17.2 Å². The molecule has 2 rings (SSSR count). The quantitative estimate of drug-likeness (QED) is 0.707. The standard InChI is InChI=1S/C10H5F2NS/c11-8-5-7-2-1-6(3-4-13)9(12)10(7)14-8/h1-2,5H,3H2. The van der Waals surface area contributed by atoms with Crippen LogP contribution in [0.15, 0.2) is 18.2 Å². The molecule has 0 aliphatic rings. The van der Waals surface area contributed by atoms with E-state index in [1.165, 1.54) is 12.1 Å². The van der Waals surface area contributed by atoms with E-state index in [0.717, 1.165) is 11.3 Å². The molecular formula is C10H5F2NS. The molecule has 14 heavy (non-hydrogen) atoms.